The number of carbonyl (C=O) groups excluding carboxylic acids is 1. The Balaban J connectivity index is 2.65. The van der Waals surface area contributed by atoms with Gasteiger partial charge in [0.05, 0.1) is 12.0 Å². The molecule has 1 aliphatic heterocycles. The second kappa shape index (κ2) is 5.95. The summed E-state index contributed by atoms with van der Waals surface area (Å²) in [6.07, 6.45) is 2.25. The Morgan fingerprint density at radius 1 is 1.61 bits per heavy atom. The molecule has 1 aliphatic rings. The quantitative estimate of drug-likeness (QED) is 0.822. The minimum atomic E-state index is -0.454. The van der Waals surface area contributed by atoms with Crippen molar-refractivity contribution in [2.45, 2.75) is 46.1 Å². The Bertz CT molecular complexity index is 341. The third-order valence-electron chi connectivity index (χ3n) is 3.54. The average molecular weight is 271 g/mol. The predicted octanol–water partition coefficient (Wildman–Crippen LogP) is 2.01. The highest BCUT2D eigenvalue weighted by atomic mass is 32.2. The number of nitrogens with zero attached hydrogens (tertiary/aromatic N) is 1. The number of hydrogen-bond donors (Lipinski definition) is 2. The lowest BCUT2D eigenvalue weighted by Gasteiger charge is -2.35. The molecule has 4 nitrogen and oxygen atoms in total. The minimum absolute atomic E-state index is 0.0333. The molecular formula is C13H25N3OS. The normalized spacial score (nSPS) is 26.8. The van der Waals surface area contributed by atoms with Crippen molar-refractivity contribution < 1.29 is 4.79 Å². The van der Waals surface area contributed by atoms with Gasteiger partial charge in [0.25, 0.3) is 0 Å². The van der Waals surface area contributed by atoms with Gasteiger partial charge in [-0.05, 0) is 33.6 Å². The van der Waals surface area contributed by atoms with E-state index in [1.54, 1.807) is 18.8 Å². The van der Waals surface area contributed by atoms with E-state index in [0.29, 0.717) is 6.54 Å². The molecule has 18 heavy (non-hydrogen) atoms. The maximum absolute atomic E-state index is 11.7. The largest absolute Gasteiger partial charge is 0.360 e. The van der Waals surface area contributed by atoms with Crippen LogP contribution in [0.2, 0.25) is 0 Å². The first-order valence-corrected chi connectivity index (χ1v) is 7.49. The molecule has 1 heterocycles. The molecule has 1 fully saturated rings. The molecule has 1 rings (SSSR count). The van der Waals surface area contributed by atoms with E-state index in [-0.39, 0.29) is 11.4 Å². The monoisotopic (exact) mass is 271 g/mol. The number of aliphatic imine (C=N–C) groups is 1. The van der Waals surface area contributed by atoms with Gasteiger partial charge in [0.15, 0.2) is 5.17 Å². The highest BCUT2D eigenvalue weighted by Gasteiger charge is 2.30. The summed E-state index contributed by atoms with van der Waals surface area (Å²) >= 11 is 1.75. The Hall–Kier alpha value is -0.710. The van der Waals surface area contributed by atoms with E-state index in [1.165, 1.54) is 0 Å². The number of amidine groups is 1. The summed E-state index contributed by atoms with van der Waals surface area (Å²) < 4.78 is 0. The highest BCUT2D eigenvalue weighted by Crippen LogP contribution is 2.25. The molecule has 0 spiro atoms. The lowest BCUT2D eigenvalue weighted by atomic mass is 9.92. The maximum Gasteiger partial charge on any atom is 0.227 e. The molecule has 1 saturated heterocycles. The van der Waals surface area contributed by atoms with Gasteiger partial charge in [0, 0.05) is 18.3 Å². The summed E-state index contributed by atoms with van der Waals surface area (Å²) in [5.41, 5.74) is -0.300. The van der Waals surface area contributed by atoms with Gasteiger partial charge in [-0.2, -0.15) is 0 Å². The number of hydrogen-bond acceptors (Lipinski definition) is 3. The van der Waals surface area contributed by atoms with E-state index < -0.39 is 5.41 Å². The van der Waals surface area contributed by atoms with Crippen LogP contribution in [0.3, 0.4) is 0 Å². The Morgan fingerprint density at radius 2 is 2.28 bits per heavy atom. The topological polar surface area (TPSA) is 53.5 Å². The first kappa shape index (κ1) is 15.3. The first-order chi connectivity index (χ1) is 8.33. The molecule has 0 aromatic rings. The van der Waals surface area contributed by atoms with E-state index in [4.69, 9.17) is 0 Å². The van der Waals surface area contributed by atoms with Crippen molar-refractivity contribution in [3.63, 3.8) is 0 Å². The maximum atomic E-state index is 11.7. The molecule has 1 unspecified atom stereocenters. The molecule has 2 N–H and O–H groups in total. The second-order valence-corrected chi connectivity index (χ2v) is 6.81. The van der Waals surface area contributed by atoms with Gasteiger partial charge in [-0.3, -0.25) is 9.79 Å². The number of amides is 1. The Morgan fingerprint density at radius 3 is 2.83 bits per heavy atom. The van der Waals surface area contributed by atoms with Crippen molar-refractivity contribution in [1.29, 1.82) is 0 Å². The fourth-order valence-corrected chi connectivity index (χ4v) is 2.98. The molecule has 104 valence electrons. The average Bonchev–Trinajstić information content (AvgIpc) is 2.35. The Labute approximate surface area is 114 Å². The molecule has 0 aliphatic carbocycles. The van der Waals surface area contributed by atoms with Crippen LogP contribution >= 0.6 is 11.8 Å². The van der Waals surface area contributed by atoms with Gasteiger partial charge in [0.2, 0.25) is 5.91 Å². The predicted molar refractivity (Wildman–Crippen MR) is 79.1 cm³/mol. The lowest BCUT2D eigenvalue weighted by molar-refractivity contribution is -0.128. The van der Waals surface area contributed by atoms with Crippen molar-refractivity contribution >= 4 is 22.8 Å². The van der Waals surface area contributed by atoms with Crippen LogP contribution < -0.4 is 10.6 Å². The van der Waals surface area contributed by atoms with E-state index in [9.17, 15) is 4.79 Å². The second-order valence-electron chi connectivity index (χ2n) is 5.72. The molecule has 5 heteroatoms. The summed E-state index contributed by atoms with van der Waals surface area (Å²) in [7, 11) is 1.67. The van der Waals surface area contributed by atoms with Crippen molar-refractivity contribution in [3.8, 4) is 0 Å². The van der Waals surface area contributed by atoms with Crippen molar-refractivity contribution in [3.05, 3.63) is 0 Å². The summed E-state index contributed by atoms with van der Waals surface area (Å²) in [5.74, 6) is 1.13. The molecule has 0 radical (unpaired) electrons. The minimum Gasteiger partial charge on any atom is -0.360 e. The van der Waals surface area contributed by atoms with Crippen LogP contribution in [0.4, 0.5) is 0 Å². The number of carbonyl (C=O) groups is 1. The van der Waals surface area contributed by atoms with Gasteiger partial charge in [0.1, 0.15) is 0 Å². The van der Waals surface area contributed by atoms with E-state index in [0.717, 1.165) is 23.8 Å². The highest BCUT2D eigenvalue weighted by molar-refractivity contribution is 8.13. The SMILES string of the molecule is CCC1(C)CCSC(=NCC(C)(C)C(=O)NC)N1. The summed E-state index contributed by atoms with van der Waals surface area (Å²) in [5, 5.41) is 7.15. The van der Waals surface area contributed by atoms with Gasteiger partial charge in [-0.1, -0.05) is 18.7 Å². The van der Waals surface area contributed by atoms with Crippen LogP contribution in [-0.4, -0.2) is 36.0 Å². The van der Waals surface area contributed by atoms with Gasteiger partial charge >= 0.3 is 0 Å². The van der Waals surface area contributed by atoms with E-state index in [1.807, 2.05) is 13.8 Å². The molecule has 1 amide bonds. The fourth-order valence-electron chi connectivity index (χ4n) is 1.76. The van der Waals surface area contributed by atoms with Gasteiger partial charge in [-0.15, -0.1) is 0 Å². The van der Waals surface area contributed by atoms with Crippen molar-refractivity contribution in [1.82, 2.24) is 10.6 Å². The van der Waals surface area contributed by atoms with Gasteiger partial charge < -0.3 is 10.6 Å². The summed E-state index contributed by atoms with van der Waals surface area (Å²) in [6.45, 7) is 8.77. The number of thioether (sulfide) groups is 1. The zero-order valence-corrected chi connectivity index (χ0v) is 12.9. The van der Waals surface area contributed by atoms with Gasteiger partial charge in [-0.25, -0.2) is 0 Å². The standard InChI is InChI=1S/C13H25N3OS/c1-6-13(4)7-8-18-11(16-13)15-9-12(2,3)10(17)14-5/h6-9H2,1-5H3,(H,14,17)(H,15,16). The zero-order valence-electron chi connectivity index (χ0n) is 12.1. The first-order valence-electron chi connectivity index (χ1n) is 6.50. The van der Waals surface area contributed by atoms with Crippen LogP contribution in [0.1, 0.15) is 40.5 Å². The molecule has 0 aromatic heterocycles. The third kappa shape index (κ3) is 3.90. The van der Waals surface area contributed by atoms with Crippen LogP contribution in [0.25, 0.3) is 0 Å². The van der Waals surface area contributed by atoms with Crippen molar-refractivity contribution in [2.24, 2.45) is 10.4 Å². The summed E-state index contributed by atoms with van der Waals surface area (Å²) in [6, 6.07) is 0. The van der Waals surface area contributed by atoms with Crippen LogP contribution in [0.15, 0.2) is 4.99 Å². The molecule has 0 aromatic carbocycles. The third-order valence-corrected chi connectivity index (χ3v) is 4.45. The molecule has 1 atom stereocenters. The Kier molecular flexibility index (Phi) is 5.08. The lowest BCUT2D eigenvalue weighted by Crippen LogP contribution is -2.48. The van der Waals surface area contributed by atoms with Crippen LogP contribution in [0, 0.1) is 5.41 Å². The molecule has 0 bridgehead atoms. The number of rotatable bonds is 4. The fraction of sp³-hybridized carbons (Fsp3) is 0.846. The van der Waals surface area contributed by atoms with Crippen molar-refractivity contribution in [2.75, 3.05) is 19.3 Å². The molecular weight excluding hydrogens is 246 g/mol. The van der Waals surface area contributed by atoms with Crippen LogP contribution in [-0.2, 0) is 4.79 Å². The van der Waals surface area contributed by atoms with Crippen LogP contribution in [0.5, 0.6) is 0 Å². The zero-order chi connectivity index (χ0) is 13.8. The number of nitrogens with one attached hydrogen (secondary N) is 2. The van der Waals surface area contributed by atoms with E-state index >= 15 is 0 Å². The smallest absolute Gasteiger partial charge is 0.227 e. The summed E-state index contributed by atoms with van der Waals surface area (Å²) in [4.78, 5) is 16.3. The molecule has 0 saturated carbocycles. The van der Waals surface area contributed by atoms with E-state index in [2.05, 4.69) is 29.5 Å².